The van der Waals surface area contributed by atoms with Crippen molar-refractivity contribution < 1.29 is 14.3 Å². The molecular weight excluding hydrogens is 403 g/mol. The average Bonchev–Trinajstić information content (AvgIpc) is 2.55. The minimum Gasteiger partial charge on any atom is -0.495 e. The van der Waals surface area contributed by atoms with Gasteiger partial charge in [-0.15, -0.1) is 12.4 Å². The van der Waals surface area contributed by atoms with Gasteiger partial charge in [-0.3, -0.25) is 4.79 Å². The Balaban J connectivity index is 0.00000392. The van der Waals surface area contributed by atoms with Crippen LogP contribution in [-0.2, 0) is 0 Å². The molecule has 0 bridgehead atoms. The Hall–Kier alpha value is -2.64. The highest BCUT2D eigenvalue weighted by molar-refractivity contribution is 6.34. The third kappa shape index (κ3) is 6.51. The quantitative estimate of drug-likeness (QED) is 0.538. The van der Waals surface area contributed by atoms with Crippen LogP contribution in [0.2, 0.25) is 5.02 Å². The molecule has 0 unspecified atom stereocenters. The number of hydrogen-bond donors (Lipinski definition) is 4. The molecule has 5 N–H and O–H groups in total. The van der Waals surface area contributed by atoms with E-state index in [1.54, 1.807) is 30.3 Å². The SMILES string of the molecule is COc1ccc(NC(=O)c2cc(NC(=O)NC(C)(C)C)ccc2Cl)cc1N.Cl. The lowest BCUT2D eigenvalue weighted by atomic mass is 10.1. The first-order chi connectivity index (χ1) is 12.6. The number of methoxy groups -OCH3 is 1. The summed E-state index contributed by atoms with van der Waals surface area (Å²) in [5.74, 6) is 0.0894. The fourth-order valence-corrected chi connectivity index (χ4v) is 2.49. The van der Waals surface area contributed by atoms with Gasteiger partial charge in [-0.05, 0) is 57.2 Å². The fourth-order valence-electron chi connectivity index (χ4n) is 2.29. The highest BCUT2D eigenvalue weighted by atomic mass is 35.5. The second kappa shape index (κ2) is 9.52. The molecule has 2 rings (SSSR count). The zero-order valence-electron chi connectivity index (χ0n) is 16.1. The molecule has 152 valence electrons. The molecule has 2 aromatic rings. The molecule has 3 amide bonds. The Morgan fingerprint density at radius 3 is 2.21 bits per heavy atom. The lowest BCUT2D eigenvalue weighted by Crippen LogP contribution is -2.43. The average molecular weight is 427 g/mol. The lowest BCUT2D eigenvalue weighted by molar-refractivity contribution is 0.102. The van der Waals surface area contributed by atoms with E-state index >= 15 is 0 Å². The predicted molar refractivity (Wildman–Crippen MR) is 116 cm³/mol. The second-order valence-corrected chi connectivity index (χ2v) is 7.34. The summed E-state index contributed by atoms with van der Waals surface area (Å²) in [4.78, 5) is 24.6. The zero-order valence-corrected chi connectivity index (χ0v) is 17.6. The van der Waals surface area contributed by atoms with E-state index in [0.717, 1.165) is 0 Å². The monoisotopic (exact) mass is 426 g/mol. The van der Waals surface area contributed by atoms with E-state index in [-0.39, 0.29) is 34.6 Å². The summed E-state index contributed by atoms with van der Waals surface area (Å²) >= 11 is 6.15. The van der Waals surface area contributed by atoms with Gasteiger partial charge in [0.1, 0.15) is 5.75 Å². The fraction of sp³-hybridized carbons (Fsp3) is 0.263. The molecular formula is C19H24Cl2N4O3. The van der Waals surface area contributed by atoms with Crippen LogP contribution in [0.15, 0.2) is 36.4 Å². The molecule has 28 heavy (non-hydrogen) atoms. The Bertz CT molecular complexity index is 867. The van der Waals surface area contributed by atoms with Gasteiger partial charge in [0.2, 0.25) is 0 Å². The number of halogens is 2. The number of amides is 3. The molecule has 7 nitrogen and oxygen atoms in total. The molecule has 0 spiro atoms. The van der Waals surface area contributed by atoms with E-state index in [1.165, 1.54) is 13.2 Å². The Labute approximate surface area is 175 Å². The summed E-state index contributed by atoms with van der Waals surface area (Å²) in [5, 5.41) is 8.44. The minimum absolute atomic E-state index is 0. The van der Waals surface area contributed by atoms with Crippen LogP contribution in [0.3, 0.4) is 0 Å². The summed E-state index contributed by atoms with van der Waals surface area (Å²) in [7, 11) is 1.51. The van der Waals surface area contributed by atoms with Crippen molar-refractivity contribution in [3.05, 3.63) is 47.0 Å². The minimum atomic E-state index is -0.426. The van der Waals surface area contributed by atoms with Gasteiger partial charge in [-0.2, -0.15) is 0 Å². The number of urea groups is 1. The third-order valence-corrected chi connectivity index (χ3v) is 3.77. The number of nitrogen functional groups attached to an aromatic ring is 1. The van der Waals surface area contributed by atoms with Gasteiger partial charge in [-0.25, -0.2) is 4.79 Å². The first-order valence-corrected chi connectivity index (χ1v) is 8.60. The number of anilines is 3. The number of hydrogen-bond acceptors (Lipinski definition) is 4. The van der Waals surface area contributed by atoms with E-state index < -0.39 is 5.91 Å². The van der Waals surface area contributed by atoms with Gasteiger partial charge >= 0.3 is 6.03 Å². The highest BCUT2D eigenvalue weighted by Crippen LogP contribution is 2.26. The van der Waals surface area contributed by atoms with Crippen LogP contribution in [0.25, 0.3) is 0 Å². The Morgan fingerprint density at radius 2 is 1.64 bits per heavy atom. The van der Waals surface area contributed by atoms with E-state index in [9.17, 15) is 9.59 Å². The molecule has 0 aliphatic carbocycles. The summed E-state index contributed by atoms with van der Waals surface area (Å²) in [5.41, 5.74) is 7.03. The molecule has 2 aromatic carbocycles. The Kier molecular flexibility index (Phi) is 7.96. The zero-order chi connectivity index (χ0) is 20.2. The standard InChI is InChI=1S/C19H23ClN4O3.ClH/c1-19(2,3)24-18(26)23-11-5-7-14(20)13(9-11)17(25)22-12-6-8-16(27-4)15(21)10-12;/h5-10H,21H2,1-4H3,(H,22,25)(H2,23,24,26);1H. The number of nitrogens with one attached hydrogen (secondary N) is 3. The topological polar surface area (TPSA) is 105 Å². The van der Waals surface area contributed by atoms with Crippen LogP contribution in [0, 0.1) is 0 Å². The van der Waals surface area contributed by atoms with Crippen molar-refractivity contribution in [3.63, 3.8) is 0 Å². The van der Waals surface area contributed by atoms with Crippen LogP contribution >= 0.6 is 24.0 Å². The predicted octanol–water partition coefficient (Wildman–Crippen LogP) is 4.52. The molecule has 0 fully saturated rings. The van der Waals surface area contributed by atoms with Crippen molar-refractivity contribution in [2.45, 2.75) is 26.3 Å². The van der Waals surface area contributed by atoms with Crippen molar-refractivity contribution >= 4 is 53.0 Å². The van der Waals surface area contributed by atoms with Crippen LogP contribution in [0.4, 0.5) is 21.9 Å². The van der Waals surface area contributed by atoms with Gasteiger partial charge in [0.25, 0.3) is 5.91 Å². The number of nitrogens with two attached hydrogens (primary N) is 1. The molecule has 9 heteroatoms. The van der Waals surface area contributed by atoms with Gasteiger partial charge in [-0.1, -0.05) is 11.6 Å². The second-order valence-electron chi connectivity index (χ2n) is 6.93. The molecule has 0 aliphatic heterocycles. The maximum atomic E-state index is 12.6. The molecule has 0 atom stereocenters. The van der Waals surface area contributed by atoms with E-state index in [4.69, 9.17) is 22.1 Å². The van der Waals surface area contributed by atoms with Crippen molar-refractivity contribution in [1.29, 1.82) is 0 Å². The van der Waals surface area contributed by atoms with E-state index in [0.29, 0.717) is 22.8 Å². The van der Waals surface area contributed by atoms with Gasteiger partial charge in [0.15, 0.2) is 0 Å². The first-order valence-electron chi connectivity index (χ1n) is 8.22. The normalized spacial score (nSPS) is 10.5. The summed E-state index contributed by atoms with van der Waals surface area (Å²) in [6, 6.07) is 9.20. The molecule has 0 radical (unpaired) electrons. The number of carbonyl (C=O) groups is 2. The van der Waals surface area contributed by atoms with Crippen LogP contribution in [-0.4, -0.2) is 24.6 Å². The number of benzene rings is 2. The van der Waals surface area contributed by atoms with Crippen molar-refractivity contribution in [2.24, 2.45) is 0 Å². The van der Waals surface area contributed by atoms with Crippen LogP contribution < -0.4 is 26.4 Å². The molecule has 0 saturated carbocycles. The maximum absolute atomic E-state index is 12.6. The van der Waals surface area contributed by atoms with Crippen LogP contribution in [0.1, 0.15) is 31.1 Å². The molecule has 0 heterocycles. The lowest BCUT2D eigenvalue weighted by Gasteiger charge is -2.21. The van der Waals surface area contributed by atoms with E-state index in [2.05, 4.69) is 16.0 Å². The van der Waals surface area contributed by atoms with Crippen molar-refractivity contribution in [2.75, 3.05) is 23.5 Å². The highest BCUT2D eigenvalue weighted by Gasteiger charge is 2.16. The van der Waals surface area contributed by atoms with Gasteiger partial charge in [0, 0.05) is 16.9 Å². The largest absolute Gasteiger partial charge is 0.495 e. The maximum Gasteiger partial charge on any atom is 0.319 e. The van der Waals surface area contributed by atoms with Gasteiger partial charge in [0.05, 0.1) is 23.4 Å². The summed E-state index contributed by atoms with van der Waals surface area (Å²) < 4.78 is 5.09. The summed E-state index contributed by atoms with van der Waals surface area (Å²) in [6.45, 7) is 5.61. The molecule has 0 saturated heterocycles. The van der Waals surface area contributed by atoms with Crippen molar-refractivity contribution in [1.82, 2.24) is 5.32 Å². The van der Waals surface area contributed by atoms with Crippen molar-refractivity contribution in [3.8, 4) is 5.75 Å². The van der Waals surface area contributed by atoms with Crippen LogP contribution in [0.5, 0.6) is 5.75 Å². The van der Waals surface area contributed by atoms with E-state index in [1.807, 2.05) is 20.8 Å². The number of rotatable bonds is 4. The Morgan fingerprint density at radius 1 is 1.04 bits per heavy atom. The first kappa shape index (κ1) is 23.4. The smallest absolute Gasteiger partial charge is 0.319 e. The number of ether oxygens (including phenoxy) is 1. The third-order valence-electron chi connectivity index (χ3n) is 3.44. The molecule has 0 aliphatic rings. The van der Waals surface area contributed by atoms with Gasteiger partial charge < -0.3 is 26.4 Å². The number of carbonyl (C=O) groups excluding carboxylic acids is 2. The molecule has 0 aromatic heterocycles. The summed E-state index contributed by atoms with van der Waals surface area (Å²) in [6.07, 6.45) is 0.